The maximum absolute atomic E-state index is 11.3. The van der Waals surface area contributed by atoms with Gasteiger partial charge in [-0.25, -0.2) is 4.98 Å². The minimum absolute atomic E-state index is 0.232. The summed E-state index contributed by atoms with van der Waals surface area (Å²) in [5.41, 5.74) is 6.26. The molecule has 3 N–H and O–H groups in total. The summed E-state index contributed by atoms with van der Waals surface area (Å²) < 4.78 is 0. The summed E-state index contributed by atoms with van der Waals surface area (Å²) in [6, 6.07) is 1.45. The van der Waals surface area contributed by atoms with Crippen LogP contribution in [0.5, 0.6) is 0 Å². The van der Waals surface area contributed by atoms with Crippen LogP contribution < -0.4 is 11.1 Å². The molecule has 0 bridgehead atoms. The van der Waals surface area contributed by atoms with E-state index in [0.29, 0.717) is 17.8 Å². The quantitative estimate of drug-likeness (QED) is 0.700. The van der Waals surface area contributed by atoms with Gasteiger partial charge >= 0.3 is 0 Å². The molecule has 1 aromatic rings. The molecule has 0 aliphatic rings. The largest absolute Gasteiger partial charge is 0.398 e. The Hall–Kier alpha value is -1.29. The number of nitrogens with one attached hydrogen (secondary N) is 1. The van der Waals surface area contributed by atoms with Crippen LogP contribution in [-0.2, 0) is 0 Å². The number of carbonyl (C=O) groups is 1. The molecule has 0 saturated heterocycles. The third kappa shape index (κ3) is 2.32. The van der Waals surface area contributed by atoms with Crippen LogP contribution in [0.2, 0.25) is 5.15 Å². The maximum atomic E-state index is 11.3. The van der Waals surface area contributed by atoms with Crippen molar-refractivity contribution in [2.45, 2.75) is 6.92 Å². The molecule has 0 aliphatic heterocycles. The van der Waals surface area contributed by atoms with Crippen molar-refractivity contribution in [3.8, 4) is 0 Å². The first kappa shape index (κ1) is 9.80. The van der Waals surface area contributed by atoms with Crippen molar-refractivity contribution < 1.29 is 4.79 Å². The molecule has 0 spiro atoms. The Balaban J connectivity index is 2.95. The Morgan fingerprint density at radius 2 is 2.46 bits per heavy atom. The maximum Gasteiger partial charge on any atom is 0.254 e. The Labute approximate surface area is 81.1 Å². The van der Waals surface area contributed by atoms with Gasteiger partial charge in [0.1, 0.15) is 5.15 Å². The minimum atomic E-state index is -0.232. The number of rotatable bonds is 2. The lowest BCUT2D eigenvalue weighted by molar-refractivity contribution is 0.0956. The predicted molar refractivity (Wildman–Crippen MR) is 51.7 cm³/mol. The molecule has 0 unspecified atom stereocenters. The van der Waals surface area contributed by atoms with Crippen molar-refractivity contribution in [3.05, 3.63) is 23.0 Å². The van der Waals surface area contributed by atoms with Gasteiger partial charge < -0.3 is 11.1 Å². The molecule has 0 aliphatic carbocycles. The minimum Gasteiger partial charge on any atom is -0.398 e. The Kier molecular flexibility index (Phi) is 3.08. The average molecular weight is 200 g/mol. The summed E-state index contributed by atoms with van der Waals surface area (Å²) in [5, 5.41) is 2.90. The number of amides is 1. The molecule has 5 heteroatoms. The first-order valence-corrected chi connectivity index (χ1v) is 4.22. The molecule has 13 heavy (non-hydrogen) atoms. The molecule has 0 radical (unpaired) electrons. The molecule has 0 fully saturated rings. The third-order valence-corrected chi connectivity index (χ3v) is 1.69. The van der Waals surface area contributed by atoms with E-state index in [-0.39, 0.29) is 11.1 Å². The standard InChI is InChI=1S/C8H10ClN3O/c1-2-11-8(13)5-4-12-7(9)3-6(5)10/h3-4H,2H2,1H3,(H2,10,12)(H,11,13). The van der Waals surface area contributed by atoms with E-state index in [1.165, 1.54) is 12.3 Å². The second-order valence-corrected chi connectivity index (χ2v) is 2.84. The highest BCUT2D eigenvalue weighted by Gasteiger charge is 2.08. The monoisotopic (exact) mass is 199 g/mol. The first-order valence-electron chi connectivity index (χ1n) is 3.84. The van der Waals surface area contributed by atoms with Gasteiger partial charge in [-0.05, 0) is 13.0 Å². The van der Waals surface area contributed by atoms with Gasteiger partial charge in [0.05, 0.1) is 5.56 Å². The van der Waals surface area contributed by atoms with Gasteiger partial charge in [-0.1, -0.05) is 11.6 Å². The lowest BCUT2D eigenvalue weighted by atomic mass is 10.2. The lowest BCUT2D eigenvalue weighted by Gasteiger charge is -2.04. The molecule has 0 atom stereocenters. The summed E-state index contributed by atoms with van der Waals surface area (Å²) in [4.78, 5) is 15.1. The number of hydrogen-bond donors (Lipinski definition) is 2. The van der Waals surface area contributed by atoms with Gasteiger partial charge in [0.2, 0.25) is 0 Å². The van der Waals surface area contributed by atoms with Gasteiger partial charge in [-0.2, -0.15) is 0 Å². The Bertz CT molecular complexity index is 327. The molecule has 0 saturated carbocycles. The number of nitrogens with two attached hydrogens (primary N) is 1. The van der Waals surface area contributed by atoms with E-state index in [0.717, 1.165) is 0 Å². The van der Waals surface area contributed by atoms with Crippen molar-refractivity contribution in [1.29, 1.82) is 0 Å². The molecule has 1 rings (SSSR count). The van der Waals surface area contributed by atoms with Crippen LogP contribution in [0.15, 0.2) is 12.3 Å². The predicted octanol–water partition coefficient (Wildman–Crippen LogP) is 1.07. The van der Waals surface area contributed by atoms with Crippen molar-refractivity contribution in [3.63, 3.8) is 0 Å². The van der Waals surface area contributed by atoms with Crippen molar-refractivity contribution >= 4 is 23.2 Å². The highest BCUT2D eigenvalue weighted by atomic mass is 35.5. The topological polar surface area (TPSA) is 68.0 Å². The second-order valence-electron chi connectivity index (χ2n) is 2.45. The lowest BCUT2D eigenvalue weighted by Crippen LogP contribution is -2.23. The number of hydrogen-bond acceptors (Lipinski definition) is 3. The molecule has 1 aromatic heterocycles. The zero-order valence-corrected chi connectivity index (χ0v) is 7.93. The van der Waals surface area contributed by atoms with Crippen LogP contribution in [0.25, 0.3) is 0 Å². The van der Waals surface area contributed by atoms with Crippen LogP contribution in [-0.4, -0.2) is 17.4 Å². The van der Waals surface area contributed by atoms with Gasteiger partial charge in [0, 0.05) is 18.4 Å². The molecular formula is C8H10ClN3O. The fraction of sp³-hybridized carbons (Fsp3) is 0.250. The zero-order valence-electron chi connectivity index (χ0n) is 7.17. The van der Waals surface area contributed by atoms with Crippen molar-refractivity contribution in [1.82, 2.24) is 10.3 Å². The van der Waals surface area contributed by atoms with E-state index in [9.17, 15) is 4.79 Å². The van der Waals surface area contributed by atoms with Gasteiger partial charge in [-0.3, -0.25) is 4.79 Å². The van der Waals surface area contributed by atoms with E-state index in [2.05, 4.69) is 10.3 Å². The van der Waals surface area contributed by atoms with Crippen LogP contribution in [0.4, 0.5) is 5.69 Å². The molecule has 0 aromatic carbocycles. The van der Waals surface area contributed by atoms with E-state index in [4.69, 9.17) is 17.3 Å². The Morgan fingerprint density at radius 3 is 3.00 bits per heavy atom. The smallest absolute Gasteiger partial charge is 0.254 e. The molecule has 1 amide bonds. The number of nitrogens with zero attached hydrogens (tertiary/aromatic N) is 1. The number of halogens is 1. The van der Waals surface area contributed by atoms with Crippen LogP contribution in [0.1, 0.15) is 17.3 Å². The van der Waals surface area contributed by atoms with Gasteiger partial charge in [-0.15, -0.1) is 0 Å². The van der Waals surface area contributed by atoms with E-state index in [1.54, 1.807) is 0 Å². The van der Waals surface area contributed by atoms with Crippen molar-refractivity contribution in [2.24, 2.45) is 0 Å². The van der Waals surface area contributed by atoms with Gasteiger partial charge in [0.15, 0.2) is 0 Å². The number of pyridine rings is 1. The molecule has 4 nitrogen and oxygen atoms in total. The summed E-state index contributed by atoms with van der Waals surface area (Å²) in [6.45, 7) is 2.39. The second kappa shape index (κ2) is 4.09. The highest BCUT2D eigenvalue weighted by molar-refractivity contribution is 6.29. The fourth-order valence-electron chi connectivity index (χ4n) is 0.890. The number of nitrogen functional groups attached to an aromatic ring is 1. The first-order chi connectivity index (χ1) is 6.15. The fourth-order valence-corrected chi connectivity index (χ4v) is 1.06. The average Bonchev–Trinajstić information content (AvgIpc) is 2.04. The highest BCUT2D eigenvalue weighted by Crippen LogP contribution is 2.14. The van der Waals surface area contributed by atoms with Crippen molar-refractivity contribution in [2.75, 3.05) is 12.3 Å². The summed E-state index contributed by atoms with van der Waals surface area (Å²) in [5.74, 6) is -0.232. The molecular weight excluding hydrogens is 190 g/mol. The number of carbonyl (C=O) groups excluding carboxylic acids is 1. The summed E-state index contributed by atoms with van der Waals surface area (Å²) in [7, 11) is 0. The zero-order chi connectivity index (χ0) is 9.84. The summed E-state index contributed by atoms with van der Waals surface area (Å²) >= 11 is 5.58. The van der Waals surface area contributed by atoms with E-state index >= 15 is 0 Å². The van der Waals surface area contributed by atoms with Crippen LogP contribution in [0, 0.1) is 0 Å². The van der Waals surface area contributed by atoms with Crippen LogP contribution >= 0.6 is 11.6 Å². The van der Waals surface area contributed by atoms with E-state index < -0.39 is 0 Å². The molecule has 1 heterocycles. The van der Waals surface area contributed by atoms with Gasteiger partial charge in [0.25, 0.3) is 5.91 Å². The van der Waals surface area contributed by atoms with Crippen LogP contribution in [0.3, 0.4) is 0 Å². The molecule has 70 valence electrons. The summed E-state index contributed by atoms with van der Waals surface area (Å²) in [6.07, 6.45) is 1.36. The Morgan fingerprint density at radius 1 is 1.77 bits per heavy atom. The number of anilines is 1. The normalized spacial score (nSPS) is 9.69. The number of aromatic nitrogens is 1. The third-order valence-electron chi connectivity index (χ3n) is 1.48. The SMILES string of the molecule is CCNC(=O)c1cnc(Cl)cc1N. The van der Waals surface area contributed by atoms with E-state index in [1.807, 2.05) is 6.92 Å².